The predicted octanol–water partition coefficient (Wildman–Crippen LogP) is 3.34. The summed E-state index contributed by atoms with van der Waals surface area (Å²) in [7, 11) is 4.22. The Kier molecular flexibility index (Phi) is 6.67. The number of hydrogen-bond donors (Lipinski definition) is 0. The van der Waals surface area contributed by atoms with Crippen molar-refractivity contribution in [2.75, 3.05) is 33.7 Å². The number of nitrogens with zero attached hydrogens (tertiary/aromatic N) is 4. The summed E-state index contributed by atoms with van der Waals surface area (Å²) in [5, 5.41) is 0. The number of piperidine rings is 1. The third-order valence-electron chi connectivity index (χ3n) is 5.59. The molecule has 0 N–H and O–H groups in total. The van der Waals surface area contributed by atoms with Crippen LogP contribution >= 0.6 is 0 Å². The summed E-state index contributed by atoms with van der Waals surface area (Å²) < 4.78 is 2.30. The number of rotatable bonds is 7. The van der Waals surface area contributed by atoms with Gasteiger partial charge in [-0.2, -0.15) is 0 Å². The van der Waals surface area contributed by atoms with Crippen LogP contribution in [0.15, 0.2) is 42.7 Å². The number of aromatic nitrogens is 2. The molecule has 0 spiro atoms. The van der Waals surface area contributed by atoms with Crippen LogP contribution in [0.2, 0.25) is 0 Å². The summed E-state index contributed by atoms with van der Waals surface area (Å²) in [5.74, 6) is 1.82. The average molecular weight is 369 g/mol. The molecule has 0 aliphatic carbocycles. The topological polar surface area (TPSA) is 41.4 Å². The van der Waals surface area contributed by atoms with Crippen molar-refractivity contribution in [2.45, 2.75) is 44.6 Å². The minimum absolute atomic E-state index is 0.0734. The Morgan fingerprint density at radius 1 is 1.22 bits per heavy atom. The van der Waals surface area contributed by atoms with Gasteiger partial charge in [0, 0.05) is 37.9 Å². The molecule has 1 aliphatic rings. The molecule has 1 aromatic carbocycles. The van der Waals surface area contributed by atoms with E-state index < -0.39 is 0 Å². The zero-order chi connectivity index (χ0) is 19.2. The smallest absolute Gasteiger partial charge is 0.229 e. The minimum Gasteiger partial charge on any atom is -0.342 e. The number of aryl methyl sites for hydroxylation is 1. The number of hydrogen-bond acceptors (Lipinski definition) is 3. The van der Waals surface area contributed by atoms with E-state index in [2.05, 4.69) is 34.7 Å². The van der Waals surface area contributed by atoms with Gasteiger partial charge in [0.15, 0.2) is 0 Å². The molecule has 2 aromatic rings. The number of likely N-dealkylation sites (tertiary alicyclic amines) is 1. The molecule has 5 heteroatoms. The highest BCUT2D eigenvalue weighted by molar-refractivity contribution is 5.83. The SMILES string of the molecule is C[C@@H](C(=O)N1CCC(c2nccn2CCCN(C)C)CC1)c1ccccc1. The highest BCUT2D eigenvalue weighted by Gasteiger charge is 2.29. The summed E-state index contributed by atoms with van der Waals surface area (Å²) in [4.78, 5) is 21.8. The molecule has 1 saturated heterocycles. The van der Waals surface area contributed by atoms with Crippen molar-refractivity contribution in [2.24, 2.45) is 0 Å². The molecular formula is C22H32N4O. The number of amides is 1. The Morgan fingerprint density at radius 2 is 1.93 bits per heavy atom. The molecule has 0 bridgehead atoms. The third kappa shape index (κ3) is 4.98. The molecule has 1 amide bonds. The van der Waals surface area contributed by atoms with E-state index in [9.17, 15) is 4.79 Å². The first-order valence-electron chi connectivity index (χ1n) is 10.1. The lowest BCUT2D eigenvalue weighted by Crippen LogP contribution is -2.40. The van der Waals surface area contributed by atoms with Gasteiger partial charge in [-0.15, -0.1) is 0 Å². The van der Waals surface area contributed by atoms with Gasteiger partial charge in [-0.1, -0.05) is 30.3 Å². The van der Waals surface area contributed by atoms with Gasteiger partial charge in [-0.25, -0.2) is 4.98 Å². The van der Waals surface area contributed by atoms with E-state index in [0.717, 1.165) is 51.0 Å². The van der Waals surface area contributed by atoms with E-state index in [-0.39, 0.29) is 11.8 Å². The standard InChI is InChI=1S/C22H32N4O/c1-18(19-8-5-4-6-9-19)22(27)26-15-10-20(11-16-26)21-23-12-17-25(21)14-7-13-24(2)3/h4-6,8-9,12,17-18,20H,7,10-11,13-16H2,1-3H3/t18-/m1/s1. The zero-order valence-electron chi connectivity index (χ0n) is 16.8. The van der Waals surface area contributed by atoms with E-state index in [1.807, 2.05) is 48.4 Å². The second-order valence-corrected chi connectivity index (χ2v) is 7.87. The van der Waals surface area contributed by atoms with E-state index in [1.54, 1.807) is 0 Å². The molecule has 1 aliphatic heterocycles. The molecular weight excluding hydrogens is 336 g/mol. The highest BCUT2D eigenvalue weighted by Crippen LogP contribution is 2.29. The van der Waals surface area contributed by atoms with Crippen LogP contribution < -0.4 is 0 Å². The second kappa shape index (κ2) is 9.18. The molecule has 1 atom stereocenters. The van der Waals surface area contributed by atoms with Crippen molar-refractivity contribution in [1.29, 1.82) is 0 Å². The molecule has 0 unspecified atom stereocenters. The van der Waals surface area contributed by atoms with Crippen LogP contribution in [0.25, 0.3) is 0 Å². The van der Waals surface area contributed by atoms with Crippen molar-refractivity contribution in [3.8, 4) is 0 Å². The molecule has 146 valence electrons. The van der Waals surface area contributed by atoms with E-state index >= 15 is 0 Å². The van der Waals surface area contributed by atoms with Gasteiger partial charge >= 0.3 is 0 Å². The van der Waals surface area contributed by atoms with Crippen molar-refractivity contribution < 1.29 is 4.79 Å². The Hall–Kier alpha value is -2.14. The number of imidazole rings is 1. The van der Waals surface area contributed by atoms with E-state index in [0.29, 0.717) is 5.92 Å². The van der Waals surface area contributed by atoms with Crippen LogP contribution in [0, 0.1) is 0 Å². The molecule has 1 fully saturated rings. The van der Waals surface area contributed by atoms with Gasteiger partial charge in [0.25, 0.3) is 0 Å². The maximum atomic E-state index is 12.9. The van der Waals surface area contributed by atoms with Crippen LogP contribution in [0.3, 0.4) is 0 Å². The first-order chi connectivity index (χ1) is 13.1. The molecule has 0 saturated carbocycles. The predicted molar refractivity (Wildman–Crippen MR) is 109 cm³/mol. The van der Waals surface area contributed by atoms with Crippen molar-refractivity contribution >= 4 is 5.91 Å². The van der Waals surface area contributed by atoms with E-state index in [1.165, 1.54) is 5.82 Å². The summed E-state index contributed by atoms with van der Waals surface area (Å²) in [6, 6.07) is 10.1. The first kappa shape index (κ1) is 19.6. The van der Waals surface area contributed by atoms with Crippen LogP contribution in [0.5, 0.6) is 0 Å². The van der Waals surface area contributed by atoms with Gasteiger partial charge in [-0.3, -0.25) is 4.79 Å². The molecule has 5 nitrogen and oxygen atoms in total. The van der Waals surface area contributed by atoms with Gasteiger partial charge < -0.3 is 14.4 Å². The third-order valence-corrected chi connectivity index (χ3v) is 5.59. The van der Waals surface area contributed by atoms with Gasteiger partial charge in [0.2, 0.25) is 5.91 Å². The van der Waals surface area contributed by atoms with Crippen LogP contribution in [0.1, 0.15) is 49.4 Å². The average Bonchev–Trinajstić information content (AvgIpc) is 3.16. The fourth-order valence-electron chi connectivity index (χ4n) is 3.94. The maximum absolute atomic E-state index is 12.9. The summed E-state index contributed by atoms with van der Waals surface area (Å²) >= 11 is 0. The van der Waals surface area contributed by atoms with Crippen LogP contribution in [-0.2, 0) is 11.3 Å². The van der Waals surface area contributed by atoms with Gasteiger partial charge in [0.05, 0.1) is 5.92 Å². The van der Waals surface area contributed by atoms with Gasteiger partial charge in [-0.05, 0) is 52.4 Å². The molecule has 1 aromatic heterocycles. The largest absolute Gasteiger partial charge is 0.342 e. The Balaban J connectivity index is 1.55. The molecule has 3 rings (SSSR count). The lowest BCUT2D eigenvalue weighted by Gasteiger charge is -2.33. The maximum Gasteiger partial charge on any atom is 0.229 e. The Bertz CT molecular complexity index is 717. The van der Waals surface area contributed by atoms with Crippen LogP contribution in [-0.4, -0.2) is 59.0 Å². The summed E-state index contributed by atoms with van der Waals surface area (Å²) in [6.45, 7) is 5.76. The Morgan fingerprint density at radius 3 is 2.59 bits per heavy atom. The number of carbonyl (C=O) groups excluding carboxylic acids is 1. The normalized spacial score (nSPS) is 16.7. The summed E-state index contributed by atoms with van der Waals surface area (Å²) in [6.07, 6.45) is 7.14. The van der Waals surface area contributed by atoms with Crippen molar-refractivity contribution in [3.63, 3.8) is 0 Å². The van der Waals surface area contributed by atoms with Gasteiger partial charge in [0.1, 0.15) is 5.82 Å². The molecule has 0 radical (unpaired) electrons. The lowest BCUT2D eigenvalue weighted by atomic mass is 9.93. The quantitative estimate of drug-likeness (QED) is 0.753. The first-order valence-corrected chi connectivity index (χ1v) is 10.1. The second-order valence-electron chi connectivity index (χ2n) is 7.87. The lowest BCUT2D eigenvalue weighted by molar-refractivity contribution is -0.133. The summed E-state index contributed by atoms with van der Waals surface area (Å²) in [5.41, 5.74) is 1.10. The molecule has 2 heterocycles. The fraction of sp³-hybridized carbons (Fsp3) is 0.545. The van der Waals surface area contributed by atoms with Crippen molar-refractivity contribution in [1.82, 2.24) is 19.4 Å². The highest BCUT2D eigenvalue weighted by atomic mass is 16.2. The van der Waals surface area contributed by atoms with E-state index in [4.69, 9.17) is 0 Å². The monoisotopic (exact) mass is 368 g/mol. The minimum atomic E-state index is -0.0734. The zero-order valence-corrected chi connectivity index (χ0v) is 16.8. The number of benzene rings is 1. The Labute approximate surface area is 163 Å². The number of carbonyl (C=O) groups is 1. The van der Waals surface area contributed by atoms with Crippen LogP contribution in [0.4, 0.5) is 0 Å². The fourth-order valence-corrected chi connectivity index (χ4v) is 3.94. The molecule has 27 heavy (non-hydrogen) atoms. The van der Waals surface area contributed by atoms with Crippen molar-refractivity contribution in [3.05, 3.63) is 54.1 Å².